The highest BCUT2D eigenvalue weighted by atomic mass is 16.3. The molecule has 6 aliphatic rings. The second-order valence-corrected chi connectivity index (χ2v) is 34.4. The molecule has 0 spiro atoms. The van der Waals surface area contributed by atoms with Crippen LogP contribution in [0.3, 0.4) is 0 Å². The molecule has 0 N–H and O–H groups in total. The van der Waals surface area contributed by atoms with Gasteiger partial charge < -0.3 is 28.0 Å². The Labute approximate surface area is 675 Å². The predicted molar refractivity (Wildman–Crippen MR) is 480 cm³/mol. The van der Waals surface area contributed by atoms with E-state index in [9.17, 15) is 0 Å². The highest BCUT2D eigenvalue weighted by Crippen LogP contribution is 2.48. The molecule has 0 bridgehead atoms. The lowest BCUT2D eigenvalue weighted by Crippen LogP contribution is -2.11. The molecule has 0 radical (unpaired) electrons. The third kappa shape index (κ3) is 15.8. The van der Waals surface area contributed by atoms with Gasteiger partial charge in [-0.2, -0.15) is 0 Å². The van der Waals surface area contributed by atoms with Crippen LogP contribution in [-0.2, 0) is 0 Å². The smallest absolute Gasteiger partial charge is 0.159 e. The minimum absolute atomic E-state index is 0.708. The maximum absolute atomic E-state index is 6.50. The van der Waals surface area contributed by atoms with Crippen LogP contribution in [0.5, 0.6) is 0 Å². The summed E-state index contributed by atoms with van der Waals surface area (Å²) < 4.78 is 18.9. The molecule has 0 aliphatic heterocycles. The third-order valence-electron chi connectivity index (χ3n) is 27.2. The van der Waals surface area contributed by atoms with Crippen LogP contribution in [0.25, 0.3) is 65.8 Å². The van der Waals surface area contributed by atoms with Gasteiger partial charge in [-0.15, -0.1) is 0 Å². The first-order valence-corrected chi connectivity index (χ1v) is 44.2. The molecule has 15 aromatic rings. The van der Waals surface area contributed by atoms with E-state index >= 15 is 0 Å². The molecule has 0 amide bonds. The Morgan fingerprint density at radius 3 is 0.789 bits per heavy atom. The van der Waals surface area contributed by atoms with Gasteiger partial charge in [0.15, 0.2) is 5.58 Å². The average molecular weight is 1500 g/mol. The van der Waals surface area contributed by atoms with Crippen LogP contribution in [0, 0.1) is 0 Å². The number of nitrogens with zero attached hydrogens (tertiary/aromatic N) is 3. The summed E-state index contributed by atoms with van der Waals surface area (Å²) in [4.78, 5) is 7.19. The van der Waals surface area contributed by atoms with E-state index in [0.717, 1.165) is 56.7 Å². The van der Waals surface area contributed by atoms with Crippen LogP contribution >= 0.6 is 0 Å². The summed E-state index contributed by atoms with van der Waals surface area (Å²) in [5, 5.41) is 7.02. The van der Waals surface area contributed by atoms with Gasteiger partial charge in [0.25, 0.3) is 0 Å². The zero-order valence-electron chi connectivity index (χ0n) is 66.7. The first kappa shape index (κ1) is 73.6. The number of fused-ring (bicyclic) bond motifs is 9. The van der Waals surface area contributed by atoms with E-state index in [1.807, 2.05) is 12.1 Å². The van der Waals surface area contributed by atoms with E-state index in [1.165, 1.54) is 298 Å². The fraction of sp³-hybridized carbons (Fsp3) is 0.333. The number of benzene rings is 12. The van der Waals surface area contributed by atoms with Gasteiger partial charge in [-0.05, 0) is 273 Å². The Bertz CT molecular complexity index is 5470. The first-order valence-electron chi connectivity index (χ1n) is 44.2. The number of rotatable bonds is 15. The Balaban J connectivity index is 0.000000115. The minimum Gasteiger partial charge on any atom is -0.456 e. The van der Waals surface area contributed by atoms with Gasteiger partial charge in [-0.25, -0.2) is 0 Å². The van der Waals surface area contributed by atoms with Crippen molar-refractivity contribution in [1.29, 1.82) is 0 Å². The molecule has 6 aliphatic carbocycles. The van der Waals surface area contributed by atoms with Crippen molar-refractivity contribution in [1.82, 2.24) is 0 Å². The quantitative estimate of drug-likeness (QED) is 0.102. The molecule has 3 aromatic heterocycles. The highest BCUT2D eigenvalue weighted by molar-refractivity contribution is 6.11. The maximum Gasteiger partial charge on any atom is 0.159 e. The van der Waals surface area contributed by atoms with Gasteiger partial charge in [0.05, 0.1) is 5.69 Å². The van der Waals surface area contributed by atoms with Crippen molar-refractivity contribution in [2.75, 3.05) is 14.7 Å². The highest BCUT2D eigenvalue weighted by Gasteiger charge is 2.27. The Kier molecular flexibility index (Phi) is 22.1. The van der Waals surface area contributed by atoms with E-state index in [0.29, 0.717) is 23.7 Å². The lowest BCUT2D eigenvalue weighted by molar-refractivity contribution is 0.443. The molecular weight excluding hydrogens is 1390 g/mol. The molecule has 6 fully saturated rings. The maximum atomic E-state index is 6.50. The van der Waals surface area contributed by atoms with Crippen LogP contribution < -0.4 is 14.7 Å². The van der Waals surface area contributed by atoms with E-state index in [4.69, 9.17) is 13.3 Å². The molecule has 6 saturated carbocycles. The lowest BCUT2D eigenvalue weighted by atomic mass is 9.84. The zero-order chi connectivity index (χ0) is 75.9. The van der Waals surface area contributed by atoms with Gasteiger partial charge >= 0.3 is 0 Å². The first-order chi connectivity index (χ1) is 56.5. The molecule has 21 rings (SSSR count). The van der Waals surface area contributed by atoms with E-state index < -0.39 is 0 Å². The molecule has 6 heteroatoms. The van der Waals surface area contributed by atoms with Gasteiger partial charge in [0, 0.05) is 83.9 Å². The van der Waals surface area contributed by atoms with Crippen molar-refractivity contribution in [2.24, 2.45) is 0 Å². The summed E-state index contributed by atoms with van der Waals surface area (Å²) in [6.45, 7) is 0. The summed E-state index contributed by atoms with van der Waals surface area (Å²) >= 11 is 0. The van der Waals surface area contributed by atoms with Crippen molar-refractivity contribution in [3.05, 3.63) is 306 Å². The third-order valence-corrected chi connectivity index (χ3v) is 27.2. The number of hydrogen-bond donors (Lipinski definition) is 0. The van der Waals surface area contributed by atoms with Crippen molar-refractivity contribution in [3.8, 4) is 0 Å². The van der Waals surface area contributed by atoms with Crippen LogP contribution in [0.2, 0.25) is 0 Å². The zero-order valence-corrected chi connectivity index (χ0v) is 66.7. The summed E-state index contributed by atoms with van der Waals surface area (Å²) in [6, 6.07) is 101. The standard InChI is InChI=1S/3C36H37NO/c1-3-10-26(11-4-1)28-18-22-30(23-19-28)37(31-24-20-29(21-25-31)27-12-5-2-6-13-27)34-16-9-15-33-32-14-7-8-17-35(32)38-36(33)34;1-3-9-26(10-4-1)28-15-19-30(20-16-28)37(31-21-17-29(18-22-31)27-11-5-2-6-12-27)32-23-24-36-34(25-32)33-13-7-8-14-35(33)38-36;1-3-9-26(10-4-1)28-15-19-30(20-16-28)37(31-21-17-29(18-22-31)27-11-5-2-6-12-27)32-23-24-34-33-13-7-8-14-35(33)38-36(34)25-32/h7-9,14-27H,1-6,10-13H2;2*7-8,13-27H,1-6,9-12H2. The SMILES string of the molecule is c1ccc2c(c1)oc1c(N(c3ccc(C4CCCCC4)cc3)c3ccc(C4CCCCC4)cc3)cccc12.c1ccc2c(c1)oc1cc(N(c3ccc(C4CCCCC4)cc3)c3ccc(C4CCCCC4)cc3)ccc12.c1ccc2c(c1)oc1ccc(N(c3ccc(C4CCCCC4)cc3)c3ccc(C4CCCCC4)cc3)cc12. The number of furan rings is 3. The van der Waals surface area contributed by atoms with Gasteiger partial charge in [-0.3, -0.25) is 0 Å². The van der Waals surface area contributed by atoms with Crippen molar-refractivity contribution < 1.29 is 13.3 Å². The Morgan fingerprint density at radius 1 is 0.175 bits per heavy atom. The molecule has 6 nitrogen and oxygen atoms in total. The van der Waals surface area contributed by atoms with Crippen LogP contribution in [0.4, 0.5) is 51.2 Å². The molecule has 0 atom stereocenters. The summed E-state index contributed by atoms with van der Waals surface area (Å²) in [7, 11) is 0. The van der Waals surface area contributed by atoms with Crippen LogP contribution in [0.1, 0.15) is 262 Å². The normalized spacial score (nSPS) is 17.3. The van der Waals surface area contributed by atoms with E-state index in [2.05, 4.69) is 276 Å². The van der Waals surface area contributed by atoms with Crippen molar-refractivity contribution >= 4 is 117 Å². The molecule has 114 heavy (non-hydrogen) atoms. The van der Waals surface area contributed by atoms with Crippen molar-refractivity contribution in [2.45, 2.75) is 228 Å². The minimum atomic E-state index is 0.708. The molecule has 12 aromatic carbocycles. The summed E-state index contributed by atoms with van der Waals surface area (Å²) in [5.41, 5.74) is 25.2. The fourth-order valence-corrected chi connectivity index (χ4v) is 20.9. The second kappa shape index (κ2) is 34.2. The van der Waals surface area contributed by atoms with Gasteiger partial charge in [-0.1, -0.05) is 255 Å². The topological polar surface area (TPSA) is 49.1 Å². The molecule has 0 saturated heterocycles. The van der Waals surface area contributed by atoms with Gasteiger partial charge in [0.1, 0.15) is 27.9 Å². The van der Waals surface area contributed by atoms with Crippen LogP contribution in [-0.4, -0.2) is 0 Å². The van der Waals surface area contributed by atoms with Gasteiger partial charge in [0.2, 0.25) is 0 Å². The average Bonchev–Trinajstić information content (AvgIpc) is 1.57. The van der Waals surface area contributed by atoms with E-state index in [-0.39, 0.29) is 0 Å². The predicted octanol–water partition coefficient (Wildman–Crippen LogP) is 33.5. The number of hydrogen-bond acceptors (Lipinski definition) is 6. The van der Waals surface area contributed by atoms with Crippen LogP contribution in [0.15, 0.2) is 286 Å². The Morgan fingerprint density at radius 2 is 0.430 bits per heavy atom. The number of para-hydroxylation sites is 4. The summed E-state index contributed by atoms with van der Waals surface area (Å²) in [6.07, 6.45) is 40.6. The molecule has 3 heterocycles. The monoisotopic (exact) mass is 1500 g/mol. The molecular formula is C108H111N3O3. The fourth-order valence-electron chi connectivity index (χ4n) is 20.9. The second-order valence-electron chi connectivity index (χ2n) is 34.4. The molecule has 576 valence electrons. The number of anilines is 9. The lowest BCUT2D eigenvalue weighted by Gasteiger charge is -2.28. The molecule has 0 unspecified atom stereocenters. The van der Waals surface area contributed by atoms with Crippen molar-refractivity contribution in [3.63, 3.8) is 0 Å². The largest absolute Gasteiger partial charge is 0.456 e. The summed E-state index contributed by atoms with van der Waals surface area (Å²) in [5.74, 6) is 4.28. The van der Waals surface area contributed by atoms with E-state index in [1.54, 1.807) is 0 Å². The Hall–Kier alpha value is -10.6.